The van der Waals surface area contributed by atoms with Crippen LogP contribution in [0.2, 0.25) is 0 Å². The van der Waals surface area contributed by atoms with Crippen LogP contribution in [0.4, 0.5) is 8.78 Å². The molecule has 0 bridgehead atoms. The number of carbonyl (C=O) groups is 1. The zero-order valence-corrected chi connectivity index (χ0v) is 10.1. The van der Waals surface area contributed by atoms with E-state index < -0.39 is 17.6 Å². The highest BCUT2D eigenvalue weighted by Crippen LogP contribution is 2.26. The minimum absolute atomic E-state index is 0.0637. The third-order valence-corrected chi connectivity index (χ3v) is 2.54. The molecule has 19 heavy (non-hydrogen) atoms. The number of nitrogens with zero attached hydrogens (tertiary/aromatic N) is 1. The van der Waals surface area contributed by atoms with Crippen LogP contribution in [0.5, 0.6) is 0 Å². The monoisotopic (exact) mass is 267 g/mol. The number of aromatic nitrogens is 1. The summed E-state index contributed by atoms with van der Waals surface area (Å²) in [5, 5.41) is 8.98. The van der Waals surface area contributed by atoms with Crippen molar-refractivity contribution in [3.8, 4) is 11.5 Å². The van der Waals surface area contributed by atoms with Crippen LogP contribution in [0.1, 0.15) is 29.6 Å². The Bertz CT molecular complexity index is 622. The number of halogens is 2. The lowest BCUT2D eigenvalue weighted by Crippen LogP contribution is -1.99. The third kappa shape index (κ3) is 2.62. The fourth-order valence-electron chi connectivity index (χ4n) is 1.70. The lowest BCUT2D eigenvalue weighted by atomic mass is 10.2. The van der Waals surface area contributed by atoms with Crippen molar-refractivity contribution in [3.05, 3.63) is 41.3 Å². The number of hydrogen-bond donors (Lipinski definition) is 1. The van der Waals surface area contributed by atoms with Gasteiger partial charge in [0.15, 0.2) is 0 Å². The number of aryl methyl sites for hydroxylation is 1. The van der Waals surface area contributed by atoms with Crippen LogP contribution in [-0.4, -0.2) is 16.1 Å². The SMILES string of the molecule is CCCc1nc(-c2ccc(F)cc2F)oc1C(=O)O. The van der Waals surface area contributed by atoms with Gasteiger partial charge in [0.1, 0.15) is 11.6 Å². The van der Waals surface area contributed by atoms with Gasteiger partial charge in [-0.15, -0.1) is 0 Å². The van der Waals surface area contributed by atoms with Gasteiger partial charge in [0.05, 0.1) is 11.3 Å². The second-order valence-corrected chi connectivity index (χ2v) is 3.97. The van der Waals surface area contributed by atoms with E-state index >= 15 is 0 Å². The minimum Gasteiger partial charge on any atom is -0.475 e. The standard InChI is InChI=1S/C13H11F2NO3/c1-2-3-10-11(13(17)18)19-12(16-10)8-5-4-7(14)6-9(8)15/h4-6H,2-3H2,1H3,(H,17,18). The fraction of sp³-hybridized carbons (Fsp3) is 0.231. The largest absolute Gasteiger partial charge is 0.475 e. The van der Waals surface area contributed by atoms with Crippen LogP contribution in [0.25, 0.3) is 11.5 Å². The zero-order valence-electron chi connectivity index (χ0n) is 10.1. The minimum atomic E-state index is -1.26. The maximum Gasteiger partial charge on any atom is 0.373 e. The average molecular weight is 267 g/mol. The first-order chi connectivity index (χ1) is 9.02. The van der Waals surface area contributed by atoms with E-state index in [9.17, 15) is 13.6 Å². The van der Waals surface area contributed by atoms with Crippen LogP contribution in [0.15, 0.2) is 22.6 Å². The number of oxazole rings is 1. The summed E-state index contributed by atoms with van der Waals surface area (Å²) in [5.74, 6) is -3.29. The molecule has 2 aromatic rings. The van der Waals surface area contributed by atoms with Gasteiger partial charge in [-0.1, -0.05) is 13.3 Å². The smallest absolute Gasteiger partial charge is 0.373 e. The van der Waals surface area contributed by atoms with Crippen LogP contribution in [0, 0.1) is 11.6 Å². The molecule has 6 heteroatoms. The van der Waals surface area contributed by atoms with E-state index in [1.807, 2.05) is 6.92 Å². The van der Waals surface area contributed by atoms with Crippen LogP contribution >= 0.6 is 0 Å². The Kier molecular flexibility index (Phi) is 3.59. The van der Waals surface area contributed by atoms with Crippen molar-refractivity contribution in [2.24, 2.45) is 0 Å². The Labute approximate surface area is 107 Å². The number of hydrogen-bond acceptors (Lipinski definition) is 3. The highest BCUT2D eigenvalue weighted by Gasteiger charge is 2.21. The molecule has 1 aromatic heterocycles. The van der Waals surface area contributed by atoms with Gasteiger partial charge in [-0.2, -0.15) is 0 Å². The second-order valence-electron chi connectivity index (χ2n) is 3.97. The summed E-state index contributed by atoms with van der Waals surface area (Å²) in [6.45, 7) is 1.86. The summed E-state index contributed by atoms with van der Waals surface area (Å²) in [7, 11) is 0. The second kappa shape index (κ2) is 5.17. The molecule has 0 unspecified atom stereocenters. The molecule has 0 fully saturated rings. The lowest BCUT2D eigenvalue weighted by molar-refractivity contribution is 0.0661. The summed E-state index contributed by atoms with van der Waals surface area (Å²) in [5.41, 5.74) is 0.194. The van der Waals surface area contributed by atoms with Crippen molar-refractivity contribution >= 4 is 5.97 Å². The molecule has 0 saturated carbocycles. The van der Waals surface area contributed by atoms with Crippen molar-refractivity contribution in [2.45, 2.75) is 19.8 Å². The third-order valence-electron chi connectivity index (χ3n) is 2.54. The van der Waals surface area contributed by atoms with Crippen LogP contribution in [0.3, 0.4) is 0 Å². The molecule has 0 amide bonds. The molecule has 0 radical (unpaired) electrons. The highest BCUT2D eigenvalue weighted by atomic mass is 19.1. The molecular weight excluding hydrogens is 256 g/mol. The topological polar surface area (TPSA) is 63.3 Å². The van der Waals surface area contributed by atoms with Crippen molar-refractivity contribution in [1.29, 1.82) is 0 Å². The van der Waals surface area contributed by atoms with Crippen LogP contribution in [-0.2, 0) is 6.42 Å². The number of carboxylic acids is 1. The van der Waals surface area contributed by atoms with E-state index in [4.69, 9.17) is 9.52 Å². The molecule has 0 atom stereocenters. The summed E-state index contributed by atoms with van der Waals surface area (Å²) in [6, 6.07) is 2.92. The summed E-state index contributed by atoms with van der Waals surface area (Å²) in [4.78, 5) is 15.0. The van der Waals surface area contributed by atoms with Crippen molar-refractivity contribution in [3.63, 3.8) is 0 Å². The predicted octanol–water partition coefficient (Wildman–Crippen LogP) is 3.27. The van der Waals surface area contributed by atoms with E-state index in [0.29, 0.717) is 18.9 Å². The van der Waals surface area contributed by atoms with Crippen molar-refractivity contribution in [1.82, 2.24) is 4.98 Å². The van der Waals surface area contributed by atoms with Gasteiger partial charge in [0.2, 0.25) is 11.7 Å². The van der Waals surface area contributed by atoms with Gasteiger partial charge < -0.3 is 9.52 Å². The van der Waals surface area contributed by atoms with E-state index in [2.05, 4.69) is 4.98 Å². The Morgan fingerprint density at radius 1 is 1.42 bits per heavy atom. The molecule has 0 aliphatic rings. The maximum atomic E-state index is 13.6. The molecule has 0 aliphatic carbocycles. The van der Waals surface area contributed by atoms with Gasteiger partial charge in [0, 0.05) is 6.07 Å². The Morgan fingerprint density at radius 2 is 2.16 bits per heavy atom. The lowest BCUT2D eigenvalue weighted by Gasteiger charge is -1.97. The summed E-state index contributed by atoms with van der Waals surface area (Å²) in [6.07, 6.45) is 1.09. The van der Waals surface area contributed by atoms with Crippen molar-refractivity contribution < 1.29 is 23.1 Å². The molecule has 1 N–H and O–H groups in total. The predicted molar refractivity (Wildman–Crippen MR) is 62.8 cm³/mol. The van der Waals surface area contributed by atoms with E-state index in [0.717, 1.165) is 12.1 Å². The molecule has 0 saturated heterocycles. The zero-order chi connectivity index (χ0) is 14.0. The van der Waals surface area contributed by atoms with Gasteiger partial charge in [-0.3, -0.25) is 0 Å². The van der Waals surface area contributed by atoms with Gasteiger partial charge in [-0.05, 0) is 18.6 Å². The number of carboxylic acid groups (broad SMARTS) is 1. The van der Waals surface area contributed by atoms with E-state index in [1.165, 1.54) is 0 Å². The summed E-state index contributed by atoms with van der Waals surface area (Å²) >= 11 is 0. The van der Waals surface area contributed by atoms with E-state index in [1.54, 1.807) is 0 Å². The molecule has 4 nitrogen and oxygen atoms in total. The first-order valence-corrected chi connectivity index (χ1v) is 5.71. The first-order valence-electron chi connectivity index (χ1n) is 5.71. The summed E-state index contributed by atoms with van der Waals surface area (Å²) < 4.78 is 31.5. The normalized spacial score (nSPS) is 10.7. The number of rotatable bonds is 4. The molecule has 0 spiro atoms. The maximum absolute atomic E-state index is 13.6. The van der Waals surface area contributed by atoms with Crippen LogP contribution < -0.4 is 0 Å². The van der Waals surface area contributed by atoms with Gasteiger partial charge in [-0.25, -0.2) is 18.6 Å². The molecule has 2 rings (SSSR count). The Morgan fingerprint density at radius 3 is 2.74 bits per heavy atom. The van der Waals surface area contributed by atoms with Gasteiger partial charge >= 0.3 is 5.97 Å². The molecule has 1 aromatic carbocycles. The number of benzene rings is 1. The molecule has 0 aliphatic heterocycles. The average Bonchev–Trinajstić information content (AvgIpc) is 2.73. The van der Waals surface area contributed by atoms with Gasteiger partial charge in [0.25, 0.3) is 0 Å². The first kappa shape index (κ1) is 13.2. The van der Waals surface area contributed by atoms with Crippen molar-refractivity contribution in [2.75, 3.05) is 0 Å². The van der Waals surface area contributed by atoms with E-state index in [-0.39, 0.29) is 22.9 Å². The molecular formula is C13H11F2NO3. The fourth-order valence-corrected chi connectivity index (χ4v) is 1.70. The molecule has 1 heterocycles. The highest BCUT2D eigenvalue weighted by molar-refractivity contribution is 5.86. The Balaban J connectivity index is 2.50. The quantitative estimate of drug-likeness (QED) is 0.923. The molecule has 100 valence electrons. The Hall–Kier alpha value is -2.24. The number of aromatic carboxylic acids is 1.